The molecule has 2 fully saturated rings. The normalized spacial score (nSPS) is 25.4. The fourth-order valence-corrected chi connectivity index (χ4v) is 3.25. The van der Waals surface area contributed by atoms with Gasteiger partial charge in [0.25, 0.3) is 5.91 Å². The van der Waals surface area contributed by atoms with Gasteiger partial charge in [0.2, 0.25) is 5.91 Å². The monoisotopic (exact) mass is 278 g/mol. The van der Waals surface area contributed by atoms with E-state index in [-0.39, 0.29) is 30.5 Å². The summed E-state index contributed by atoms with van der Waals surface area (Å²) in [6.07, 6.45) is 1.12. The van der Waals surface area contributed by atoms with E-state index in [0.29, 0.717) is 25.2 Å². The number of nitrogens with zero attached hydrogens (tertiary/aromatic N) is 3. The molecule has 2 amide bonds. The third-order valence-electron chi connectivity index (χ3n) is 4.14. The lowest BCUT2D eigenvalue weighted by Crippen LogP contribution is -2.40. The molecular weight excluding hydrogens is 260 g/mol. The van der Waals surface area contributed by atoms with Crippen LogP contribution in [0.3, 0.4) is 0 Å². The lowest BCUT2D eigenvalue weighted by Gasteiger charge is -2.24. The van der Waals surface area contributed by atoms with Crippen LogP contribution in [0, 0.1) is 6.92 Å². The highest BCUT2D eigenvalue weighted by molar-refractivity contribution is 5.94. The Bertz CT molecular complexity index is 541. The molecule has 1 aromatic heterocycles. The molecule has 7 nitrogen and oxygen atoms in total. The van der Waals surface area contributed by atoms with Gasteiger partial charge in [-0.15, -0.1) is 0 Å². The zero-order valence-corrected chi connectivity index (χ0v) is 11.4. The van der Waals surface area contributed by atoms with E-state index in [1.165, 1.54) is 0 Å². The summed E-state index contributed by atoms with van der Waals surface area (Å²) < 4.78 is 0. The number of aliphatic hydroxyl groups is 1. The Balaban J connectivity index is 1.77. The van der Waals surface area contributed by atoms with Crippen molar-refractivity contribution in [3.8, 4) is 0 Å². The van der Waals surface area contributed by atoms with Crippen molar-refractivity contribution in [2.24, 2.45) is 0 Å². The maximum absolute atomic E-state index is 12.4. The third-order valence-corrected chi connectivity index (χ3v) is 4.14. The Labute approximate surface area is 116 Å². The van der Waals surface area contributed by atoms with Gasteiger partial charge in [0.1, 0.15) is 5.69 Å². The van der Waals surface area contributed by atoms with Crippen LogP contribution in [-0.4, -0.2) is 68.7 Å². The number of aliphatic hydroxyl groups excluding tert-OH is 1. The maximum atomic E-state index is 12.4. The van der Waals surface area contributed by atoms with E-state index in [1.54, 1.807) is 15.9 Å². The average Bonchev–Trinajstić information content (AvgIpc) is 3.08. The minimum absolute atomic E-state index is 0.0183. The van der Waals surface area contributed by atoms with Gasteiger partial charge in [0.15, 0.2) is 0 Å². The lowest BCUT2D eigenvalue weighted by atomic mass is 10.1. The van der Waals surface area contributed by atoms with Gasteiger partial charge in [0, 0.05) is 25.2 Å². The van der Waals surface area contributed by atoms with Crippen molar-refractivity contribution < 1.29 is 14.7 Å². The molecule has 1 aromatic rings. The predicted molar refractivity (Wildman–Crippen MR) is 70.0 cm³/mol. The number of aromatic amines is 1. The molecule has 7 heteroatoms. The third kappa shape index (κ3) is 1.98. The van der Waals surface area contributed by atoms with Gasteiger partial charge in [0.05, 0.1) is 18.7 Å². The van der Waals surface area contributed by atoms with Gasteiger partial charge in [-0.25, -0.2) is 0 Å². The van der Waals surface area contributed by atoms with Crippen molar-refractivity contribution in [2.75, 3.05) is 19.7 Å². The molecule has 2 aliphatic rings. The minimum atomic E-state index is -0.125. The number of carbonyl (C=O) groups is 2. The summed E-state index contributed by atoms with van der Waals surface area (Å²) in [7, 11) is 0. The van der Waals surface area contributed by atoms with Crippen LogP contribution in [0.25, 0.3) is 0 Å². The van der Waals surface area contributed by atoms with Gasteiger partial charge in [-0.2, -0.15) is 5.10 Å². The summed E-state index contributed by atoms with van der Waals surface area (Å²) in [6.45, 7) is 2.79. The van der Waals surface area contributed by atoms with Crippen LogP contribution >= 0.6 is 0 Å². The largest absolute Gasteiger partial charge is 0.395 e. The second-order valence-electron chi connectivity index (χ2n) is 5.37. The molecule has 0 aliphatic carbocycles. The highest BCUT2D eigenvalue weighted by Gasteiger charge is 2.48. The summed E-state index contributed by atoms with van der Waals surface area (Å²) in [6, 6.07) is 1.68. The van der Waals surface area contributed by atoms with Crippen molar-refractivity contribution in [3.05, 3.63) is 17.5 Å². The molecule has 0 bridgehead atoms. The number of hydrogen-bond acceptors (Lipinski definition) is 4. The molecule has 2 aliphatic heterocycles. The average molecular weight is 278 g/mol. The number of H-pyrrole nitrogens is 1. The van der Waals surface area contributed by atoms with E-state index < -0.39 is 0 Å². The zero-order valence-electron chi connectivity index (χ0n) is 11.4. The molecule has 3 rings (SSSR count). The van der Waals surface area contributed by atoms with Crippen LogP contribution in [0.1, 0.15) is 29.0 Å². The molecule has 0 saturated carbocycles. The smallest absolute Gasteiger partial charge is 0.274 e. The number of aromatic nitrogens is 2. The molecule has 0 radical (unpaired) electrons. The quantitative estimate of drug-likeness (QED) is 0.782. The Morgan fingerprint density at radius 3 is 3.00 bits per heavy atom. The maximum Gasteiger partial charge on any atom is 0.274 e. The zero-order chi connectivity index (χ0) is 14.3. The molecule has 108 valence electrons. The lowest BCUT2D eigenvalue weighted by molar-refractivity contribution is -0.129. The fourth-order valence-electron chi connectivity index (χ4n) is 3.25. The van der Waals surface area contributed by atoms with Crippen LogP contribution in [0.15, 0.2) is 6.07 Å². The van der Waals surface area contributed by atoms with Gasteiger partial charge in [-0.05, 0) is 19.4 Å². The highest BCUT2D eigenvalue weighted by atomic mass is 16.3. The molecular formula is C13H18N4O3. The van der Waals surface area contributed by atoms with Crippen molar-refractivity contribution in [3.63, 3.8) is 0 Å². The fraction of sp³-hybridized carbons (Fsp3) is 0.615. The topological polar surface area (TPSA) is 89.5 Å². The summed E-state index contributed by atoms with van der Waals surface area (Å²) in [4.78, 5) is 27.8. The van der Waals surface area contributed by atoms with E-state index in [4.69, 9.17) is 5.11 Å². The van der Waals surface area contributed by atoms with Gasteiger partial charge in [-0.3, -0.25) is 14.7 Å². The number of β-amino-alcohol motifs (C(OH)–C–C–N with tert-alkyl or cyclic N) is 1. The van der Waals surface area contributed by atoms with Crippen LogP contribution in [0.2, 0.25) is 0 Å². The van der Waals surface area contributed by atoms with Crippen molar-refractivity contribution >= 4 is 11.8 Å². The summed E-state index contributed by atoms with van der Waals surface area (Å²) in [5, 5.41) is 15.8. The molecule has 2 atom stereocenters. The standard InChI is InChI=1S/C13H18N4O3/c1-8-6-9(15-14-8)13(20)17-3-2-10-11(17)7-12(19)16(10)4-5-18/h6,10-11,18H,2-5,7H2,1H3,(H,14,15). The summed E-state index contributed by atoms with van der Waals surface area (Å²) >= 11 is 0. The number of aryl methyl sites for hydroxylation is 1. The van der Waals surface area contributed by atoms with Crippen molar-refractivity contribution in [1.82, 2.24) is 20.0 Å². The molecule has 2 unspecified atom stereocenters. The number of fused-ring (bicyclic) bond motifs is 1. The van der Waals surface area contributed by atoms with Crippen LogP contribution in [0.5, 0.6) is 0 Å². The van der Waals surface area contributed by atoms with Gasteiger partial charge < -0.3 is 14.9 Å². The number of nitrogens with one attached hydrogen (secondary N) is 1. The number of hydrogen-bond donors (Lipinski definition) is 2. The second kappa shape index (κ2) is 4.90. The van der Waals surface area contributed by atoms with Crippen LogP contribution < -0.4 is 0 Å². The van der Waals surface area contributed by atoms with Crippen molar-refractivity contribution in [2.45, 2.75) is 31.8 Å². The Morgan fingerprint density at radius 2 is 2.35 bits per heavy atom. The first-order valence-electron chi connectivity index (χ1n) is 6.85. The first kappa shape index (κ1) is 13.1. The number of rotatable bonds is 3. The van der Waals surface area contributed by atoms with Gasteiger partial charge in [-0.1, -0.05) is 0 Å². The van der Waals surface area contributed by atoms with E-state index in [0.717, 1.165) is 12.1 Å². The van der Waals surface area contributed by atoms with Crippen molar-refractivity contribution in [1.29, 1.82) is 0 Å². The summed E-state index contributed by atoms with van der Waals surface area (Å²) in [5.41, 5.74) is 1.24. The number of amides is 2. The van der Waals surface area contributed by atoms with Crippen LogP contribution in [-0.2, 0) is 4.79 Å². The second-order valence-corrected chi connectivity index (χ2v) is 5.37. The Hall–Kier alpha value is -1.89. The molecule has 3 heterocycles. The Kier molecular flexibility index (Phi) is 3.21. The molecule has 2 saturated heterocycles. The highest BCUT2D eigenvalue weighted by Crippen LogP contribution is 2.32. The van der Waals surface area contributed by atoms with E-state index in [1.807, 2.05) is 6.92 Å². The Morgan fingerprint density at radius 1 is 1.55 bits per heavy atom. The van der Waals surface area contributed by atoms with E-state index in [2.05, 4.69) is 10.2 Å². The first-order chi connectivity index (χ1) is 9.61. The van der Waals surface area contributed by atoms with Crippen LogP contribution in [0.4, 0.5) is 0 Å². The summed E-state index contributed by atoms with van der Waals surface area (Å²) in [5.74, 6) is -0.106. The predicted octanol–water partition coefficient (Wildman–Crippen LogP) is -0.474. The first-order valence-corrected chi connectivity index (χ1v) is 6.85. The number of likely N-dealkylation sites (tertiary alicyclic amines) is 2. The van der Waals surface area contributed by atoms with E-state index >= 15 is 0 Å². The molecule has 0 aromatic carbocycles. The number of carbonyl (C=O) groups excluding carboxylic acids is 2. The molecule has 2 N–H and O–H groups in total. The SMILES string of the molecule is Cc1cc(C(=O)N2CCC3C2CC(=O)N3CCO)n[nH]1. The minimum Gasteiger partial charge on any atom is -0.395 e. The van der Waals surface area contributed by atoms with E-state index in [9.17, 15) is 9.59 Å². The molecule has 0 spiro atoms. The molecule has 20 heavy (non-hydrogen) atoms. The van der Waals surface area contributed by atoms with Gasteiger partial charge >= 0.3 is 0 Å².